The maximum Gasteiger partial charge on any atom is 0.165 e. The van der Waals surface area contributed by atoms with Crippen LogP contribution in [0.25, 0.3) is 39.5 Å². The number of phenolic OH excluding ortho intramolecular Hbond substituents is 1. The molecule has 3 N–H and O–H groups in total. The molecule has 2 atom stereocenters. The summed E-state index contributed by atoms with van der Waals surface area (Å²) in [6.45, 7) is 12.9. The van der Waals surface area contributed by atoms with Crippen molar-refractivity contribution in [2.75, 3.05) is 36.8 Å². The average molecular weight is 668 g/mol. The Balaban J connectivity index is 0.00000104. The third-order valence-corrected chi connectivity index (χ3v) is 9.32. The van der Waals surface area contributed by atoms with Gasteiger partial charge in [0.15, 0.2) is 17.8 Å². The number of anilines is 2. The Kier molecular flexibility index (Phi) is 10.5. The van der Waals surface area contributed by atoms with E-state index in [0.717, 1.165) is 72.1 Å². The molecule has 9 heteroatoms. The van der Waals surface area contributed by atoms with Gasteiger partial charge in [-0.3, -0.25) is 14.3 Å². The quantitative estimate of drug-likeness (QED) is 0.165. The van der Waals surface area contributed by atoms with Gasteiger partial charge in [0.05, 0.1) is 16.8 Å². The minimum absolute atomic E-state index is 0.0298. The van der Waals surface area contributed by atoms with E-state index in [1.807, 2.05) is 76.2 Å². The van der Waals surface area contributed by atoms with E-state index in [1.54, 1.807) is 18.3 Å². The molecular formula is C41H45N7O2. The largest absolute Gasteiger partial charge is 0.507 e. The summed E-state index contributed by atoms with van der Waals surface area (Å²) in [6, 6.07) is 32.0. The molecule has 256 valence electrons. The Morgan fingerprint density at radius 1 is 0.800 bits per heavy atom. The lowest BCUT2D eigenvalue weighted by Crippen LogP contribution is -2.28. The molecule has 2 fully saturated rings. The molecule has 2 aliphatic rings. The van der Waals surface area contributed by atoms with Gasteiger partial charge in [0.1, 0.15) is 17.1 Å². The number of phenols is 1. The van der Waals surface area contributed by atoms with Crippen molar-refractivity contribution in [2.45, 2.75) is 34.2 Å². The molecule has 0 radical (unpaired) electrons. The number of benzene rings is 3. The normalized spacial score (nSPS) is 16.7. The molecule has 0 bridgehead atoms. The first kappa shape index (κ1) is 34.3. The van der Waals surface area contributed by atoms with Crippen molar-refractivity contribution in [3.05, 3.63) is 114 Å². The van der Waals surface area contributed by atoms with E-state index in [9.17, 15) is 9.90 Å². The SMILES string of the molecule is CC.CC.Nc1ncccc1-c1nc2ccc(-c3ccccc3)nc2n1-c1ccc(CN2CC3CN(c4ccc(O)c(C=O)c4)CC3C2)cc1. The van der Waals surface area contributed by atoms with E-state index in [0.29, 0.717) is 35.3 Å². The molecule has 2 saturated heterocycles. The molecule has 9 nitrogen and oxygen atoms in total. The second-order valence-electron chi connectivity index (χ2n) is 12.3. The first-order chi connectivity index (χ1) is 24.5. The second-order valence-corrected chi connectivity index (χ2v) is 12.3. The van der Waals surface area contributed by atoms with Crippen LogP contribution in [0.1, 0.15) is 43.6 Å². The topological polar surface area (TPSA) is 113 Å². The highest BCUT2D eigenvalue weighted by Gasteiger charge is 2.40. The Labute approximate surface area is 294 Å². The van der Waals surface area contributed by atoms with Crippen molar-refractivity contribution >= 4 is 29.0 Å². The summed E-state index contributed by atoms with van der Waals surface area (Å²) in [6.07, 6.45) is 2.40. The van der Waals surface area contributed by atoms with Crippen LogP contribution in [0.3, 0.4) is 0 Å². The van der Waals surface area contributed by atoms with Gasteiger partial charge in [-0.15, -0.1) is 0 Å². The zero-order chi connectivity index (χ0) is 35.2. The number of carbonyl (C=O) groups excluding carboxylic acids is 1. The van der Waals surface area contributed by atoms with Crippen molar-refractivity contribution in [3.8, 4) is 34.1 Å². The second kappa shape index (κ2) is 15.3. The first-order valence-electron chi connectivity index (χ1n) is 17.5. The molecule has 0 aliphatic carbocycles. The summed E-state index contributed by atoms with van der Waals surface area (Å²) >= 11 is 0. The predicted molar refractivity (Wildman–Crippen MR) is 203 cm³/mol. The molecule has 0 spiro atoms. The highest BCUT2D eigenvalue weighted by Crippen LogP contribution is 2.36. The molecular weight excluding hydrogens is 622 g/mol. The highest BCUT2D eigenvalue weighted by molar-refractivity contribution is 5.84. The third-order valence-electron chi connectivity index (χ3n) is 9.32. The number of hydrogen-bond acceptors (Lipinski definition) is 8. The van der Waals surface area contributed by atoms with Gasteiger partial charge >= 0.3 is 0 Å². The molecule has 3 aromatic heterocycles. The molecule has 5 heterocycles. The summed E-state index contributed by atoms with van der Waals surface area (Å²) in [7, 11) is 0. The van der Waals surface area contributed by atoms with E-state index in [1.165, 1.54) is 5.56 Å². The fraction of sp³-hybridized carbons (Fsp3) is 0.268. The number of nitrogens with zero attached hydrogens (tertiary/aromatic N) is 6. The summed E-state index contributed by atoms with van der Waals surface area (Å²) in [4.78, 5) is 30.6. The summed E-state index contributed by atoms with van der Waals surface area (Å²) in [5, 5.41) is 9.89. The third kappa shape index (κ3) is 6.82. The van der Waals surface area contributed by atoms with Gasteiger partial charge in [0.2, 0.25) is 0 Å². The lowest BCUT2D eigenvalue weighted by atomic mass is 10.0. The molecule has 2 aliphatic heterocycles. The molecule has 0 saturated carbocycles. The maximum atomic E-state index is 11.3. The zero-order valence-electron chi connectivity index (χ0n) is 29.2. The van der Waals surface area contributed by atoms with Crippen molar-refractivity contribution in [2.24, 2.45) is 11.8 Å². The summed E-state index contributed by atoms with van der Waals surface area (Å²) in [5.74, 6) is 2.30. The number of nitrogen functional groups attached to an aromatic ring is 1. The Hall–Kier alpha value is -5.54. The van der Waals surface area contributed by atoms with Crippen molar-refractivity contribution in [1.29, 1.82) is 0 Å². The lowest BCUT2D eigenvalue weighted by molar-refractivity contribution is 0.112. The van der Waals surface area contributed by atoms with Crippen LogP contribution < -0.4 is 10.6 Å². The van der Waals surface area contributed by atoms with E-state index in [4.69, 9.17) is 15.7 Å². The number of carbonyl (C=O) groups is 1. The fourth-order valence-electron chi connectivity index (χ4n) is 7.03. The number of imidazole rings is 1. The van der Waals surface area contributed by atoms with Crippen molar-refractivity contribution < 1.29 is 9.90 Å². The van der Waals surface area contributed by atoms with Gasteiger partial charge in [-0.05, 0) is 72.0 Å². The first-order valence-corrected chi connectivity index (χ1v) is 17.5. The molecule has 0 amide bonds. The number of aldehydes is 1. The minimum atomic E-state index is 0.0298. The number of hydrogen-bond donors (Lipinski definition) is 2. The van der Waals surface area contributed by atoms with Crippen molar-refractivity contribution in [3.63, 3.8) is 0 Å². The van der Waals surface area contributed by atoms with Gasteiger partial charge in [0.25, 0.3) is 0 Å². The van der Waals surface area contributed by atoms with Gasteiger partial charge in [-0.25, -0.2) is 15.0 Å². The van der Waals surface area contributed by atoms with Gasteiger partial charge in [0, 0.05) is 55.9 Å². The van der Waals surface area contributed by atoms with E-state index in [2.05, 4.69) is 55.7 Å². The van der Waals surface area contributed by atoms with Gasteiger partial charge in [-0.1, -0.05) is 70.2 Å². The summed E-state index contributed by atoms with van der Waals surface area (Å²) in [5.41, 5.74) is 14.1. The van der Waals surface area contributed by atoms with Crippen LogP contribution in [0.4, 0.5) is 11.5 Å². The van der Waals surface area contributed by atoms with Crippen LogP contribution in [-0.4, -0.2) is 62.0 Å². The summed E-state index contributed by atoms with van der Waals surface area (Å²) < 4.78 is 2.08. The standard InChI is InChI=1S/C37H33N7O2.2C2H6/c38-35-31(7-4-16-39-35)36-41-33-14-13-32(25-5-2-1-3-6-25)40-37(33)44(36)29-10-8-24(9-11-29)18-42-19-27-21-43(22-28(27)20-42)30-12-15-34(46)26(17-30)23-45;2*1-2/h1-17,23,27-28,46H,18-22H2,(H2,38,39);2*1-2H3. The number of pyridine rings is 2. The molecule has 50 heavy (non-hydrogen) atoms. The van der Waals surface area contributed by atoms with E-state index in [-0.39, 0.29) is 5.75 Å². The number of nitrogens with two attached hydrogens (primary N) is 1. The van der Waals surface area contributed by atoms with Crippen LogP contribution in [0.15, 0.2) is 103 Å². The number of likely N-dealkylation sites (tertiary alicyclic amines) is 1. The average Bonchev–Trinajstić information content (AvgIpc) is 3.86. The van der Waals surface area contributed by atoms with E-state index >= 15 is 0 Å². The maximum absolute atomic E-state index is 11.3. The number of rotatable bonds is 7. The Morgan fingerprint density at radius 2 is 1.50 bits per heavy atom. The molecule has 8 rings (SSSR count). The number of fused-ring (bicyclic) bond motifs is 2. The van der Waals surface area contributed by atoms with Crippen molar-refractivity contribution in [1.82, 2.24) is 24.4 Å². The zero-order valence-corrected chi connectivity index (χ0v) is 29.2. The molecule has 2 unspecified atom stereocenters. The van der Waals surface area contributed by atoms with Crippen LogP contribution in [-0.2, 0) is 6.54 Å². The lowest BCUT2D eigenvalue weighted by Gasteiger charge is -2.23. The van der Waals surface area contributed by atoms with Crippen LogP contribution in [0.5, 0.6) is 5.75 Å². The van der Waals surface area contributed by atoms with Gasteiger partial charge in [-0.2, -0.15) is 0 Å². The Bertz CT molecular complexity index is 2050. The number of aromatic nitrogens is 4. The van der Waals surface area contributed by atoms with Crippen LogP contribution >= 0.6 is 0 Å². The Morgan fingerprint density at radius 3 is 2.18 bits per heavy atom. The van der Waals surface area contributed by atoms with Crippen LogP contribution in [0.2, 0.25) is 0 Å². The predicted octanol–water partition coefficient (Wildman–Crippen LogP) is 7.87. The monoisotopic (exact) mass is 667 g/mol. The van der Waals surface area contributed by atoms with Gasteiger partial charge < -0.3 is 15.7 Å². The minimum Gasteiger partial charge on any atom is -0.507 e. The highest BCUT2D eigenvalue weighted by atomic mass is 16.3. The number of aromatic hydroxyl groups is 1. The molecule has 6 aromatic rings. The molecule has 3 aromatic carbocycles. The van der Waals surface area contributed by atoms with E-state index < -0.39 is 0 Å². The smallest absolute Gasteiger partial charge is 0.165 e. The fourth-order valence-corrected chi connectivity index (χ4v) is 7.03. The van der Waals surface area contributed by atoms with Crippen LogP contribution in [0, 0.1) is 11.8 Å².